The van der Waals surface area contributed by atoms with Crippen molar-refractivity contribution in [3.8, 4) is 5.75 Å². The number of carbonyl (C=O) groups excluding carboxylic acids is 1. The van der Waals surface area contributed by atoms with Gasteiger partial charge in [-0.05, 0) is 45.0 Å². The van der Waals surface area contributed by atoms with Crippen molar-refractivity contribution in [1.29, 1.82) is 0 Å². The van der Waals surface area contributed by atoms with Gasteiger partial charge in [-0.2, -0.15) is 0 Å². The number of ether oxygens (including phenoxy) is 4. The molecule has 0 bridgehead atoms. The summed E-state index contributed by atoms with van der Waals surface area (Å²) in [6, 6.07) is 7.06. The summed E-state index contributed by atoms with van der Waals surface area (Å²) in [7, 11) is 0. The quantitative estimate of drug-likeness (QED) is 0.513. The molecule has 6 nitrogen and oxygen atoms in total. The Morgan fingerprint density at radius 2 is 1.65 bits per heavy atom. The maximum absolute atomic E-state index is 11.6. The van der Waals surface area contributed by atoms with E-state index in [1.165, 1.54) is 0 Å². The molecule has 0 heterocycles. The van der Waals surface area contributed by atoms with Crippen LogP contribution in [-0.2, 0) is 14.2 Å². The first-order valence-corrected chi connectivity index (χ1v) is 8.47. The molecule has 0 atom stereocenters. The van der Waals surface area contributed by atoms with Crippen molar-refractivity contribution >= 4 is 27.7 Å². The van der Waals surface area contributed by atoms with Crippen LogP contribution < -0.4 is 10.1 Å². The predicted octanol–water partition coefficient (Wildman–Crippen LogP) is 3.80. The zero-order chi connectivity index (χ0) is 17.1. The summed E-state index contributed by atoms with van der Waals surface area (Å²) in [5, 5.41) is 2.66. The topological polar surface area (TPSA) is 66.0 Å². The Hall–Kier alpha value is -1.31. The van der Waals surface area contributed by atoms with Gasteiger partial charge in [-0.25, -0.2) is 4.79 Å². The van der Waals surface area contributed by atoms with Crippen LogP contribution in [0.1, 0.15) is 20.8 Å². The molecule has 1 rings (SSSR count). The van der Waals surface area contributed by atoms with E-state index in [1.807, 2.05) is 20.8 Å². The van der Waals surface area contributed by atoms with Crippen molar-refractivity contribution in [3.63, 3.8) is 0 Å². The molecule has 1 aromatic carbocycles. The molecular weight excluding hydrogens is 366 g/mol. The molecule has 0 aliphatic rings. The van der Waals surface area contributed by atoms with Crippen LogP contribution in [-0.4, -0.2) is 43.6 Å². The third-order valence-corrected chi connectivity index (χ3v) is 2.77. The number of amides is 1. The molecule has 7 heteroatoms. The Balaban J connectivity index is 2.24. The lowest BCUT2D eigenvalue weighted by Crippen LogP contribution is -2.27. The van der Waals surface area contributed by atoms with Gasteiger partial charge in [-0.15, -0.1) is 0 Å². The highest BCUT2D eigenvalue weighted by Gasteiger charge is 2.16. The molecule has 0 aliphatic carbocycles. The van der Waals surface area contributed by atoms with Gasteiger partial charge in [0.25, 0.3) is 0 Å². The van der Waals surface area contributed by atoms with Crippen LogP contribution >= 0.6 is 15.9 Å². The summed E-state index contributed by atoms with van der Waals surface area (Å²) in [5.41, 5.74) is 0.637. The third-order valence-electron chi connectivity index (χ3n) is 2.45. The third kappa shape index (κ3) is 10.1. The van der Waals surface area contributed by atoms with Crippen LogP contribution in [0.5, 0.6) is 5.75 Å². The summed E-state index contributed by atoms with van der Waals surface area (Å²) in [6.45, 7) is 7.48. The number of benzene rings is 1. The normalized spacial score (nSPS) is 11.1. The lowest BCUT2D eigenvalue weighted by Gasteiger charge is -2.19. The van der Waals surface area contributed by atoms with Crippen molar-refractivity contribution in [1.82, 2.24) is 0 Å². The number of anilines is 1. The van der Waals surface area contributed by atoms with E-state index in [9.17, 15) is 4.79 Å². The summed E-state index contributed by atoms with van der Waals surface area (Å²) in [4.78, 5) is 11.6. The number of alkyl halides is 1. The van der Waals surface area contributed by atoms with E-state index in [1.54, 1.807) is 24.3 Å². The minimum Gasteiger partial charge on any atom is -0.491 e. The van der Waals surface area contributed by atoms with Crippen molar-refractivity contribution in [2.24, 2.45) is 0 Å². The Morgan fingerprint density at radius 1 is 1.04 bits per heavy atom. The largest absolute Gasteiger partial charge is 0.491 e. The van der Waals surface area contributed by atoms with Crippen molar-refractivity contribution < 1.29 is 23.7 Å². The summed E-state index contributed by atoms with van der Waals surface area (Å²) >= 11 is 3.16. The van der Waals surface area contributed by atoms with E-state index in [4.69, 9.17) is 18.9 Å². The van der Waals surface area contributed by atoms with Crippen LogP contribution in [0.3, 0.4) is 0 Å². The molecule has 23 heavy (non-hydrogen) atoms. The first-order chi connectivity index (χ1) is 10.9. The molecule has 0 saturated heterocycles. The maximum Gasteiger partial charge on any atom is 0.412 e. The van der Waals surface area contributed by atoms with Gasteiger partial charge in [-0.1, -0.05) is 15.9 Å². The fourth-order valence-electron chi connectivity index (χ4n) is 1.55. The van der Waals surface area contributed by atoms with E-state index < -0.39 is 11.7 Å². The van der Waals surface area contributed by atoms with E-state index in [2.05, 4.69) is 21.2 Å². The molecule has 1 aromatic rings. The SMILES string of the molecule is CC(C)(C)OC(=O)Nc1ccc(OCCOCCOCBr)cc1. The highest BCUT2D eigenvalue weighted by atomic mass is 79.9. The minimum atomic E-state index is -0.521. The second-order valence-corrected chi connectivity index (χ2v) is 6.09. The van der Waals surface area contributed by atoms with Crippen LogP contribution in [0.25, 0.3) is 0 Å². The molecule has 0 fully saturated rings. The standard InChI is InChI=1S/C16H24BrNO5/c1-16(2,3)23-15(19)18-13-4-6-14(7-5-13)22-11-10-20-8-9-21-12-17/h4-7H,8-12H2,1-3H3,(H,18,19). The number of hydrogen-bond acceptors (Lipinski definition) is 5. The lowest BCUT2D eigenvalue weighted by molar-refractivity contribution is 0.0513. The maximum atomic E-state index is 11.6. The van der Waals surface area contributed by atoms with Gasteiger partial charge < -0.3 is 18.9 Å². The highest BCUT2D eigenvalue weighted by molar-refractivity contribution is 9.09. The molecular formula is C16H24BrNO5. The lowest BCUT2D eigenvalue weighted by atomic mass is 10.2. The van der Waals surface area contributed by atoms with Crippen molar-refractivity contribution in [2.75, 3.05) is 37.3 Å². The van der Waals surface area contributed by atoms with E-state index in [0.29, 0.717) is 43.4 Å². The van der Waals surface area contributed by atoms with Crippen LogP contribution in [0.4, 0.5) is 10.5 Å². The van der Waals surface area contributed by atoms with E-state index >= 15 is 0 Å². The second-order valence-electron chi connectivity index (χ2n) is 5.63. The van der Waals surface area contributed by atoms with Gasteiger partial charge in [0.15, 0.2) is 0 Å². The van der Waals surface area contributed by atoms with Gasteiger partial charge in [-0.3, -0.25) is 5.32 Å². The fourth-order valence-corrected chi connectivity index (χ4v) is 1.78. The molecule has 0 unspecified atom stereocenters. The van der Waals surface area contributed by atoms with E-state index in [0.717, 1.165) is 0 Å². The van der Waals surface area contributed by atoms with Crippen molar-refractivity contribution in [3.05, 3.63) is 24.3 Å². The van der Waals surface area contributed by atoms with Crippen LogP contribution in [0, 0.1) is 0 Å². The first-order valence-electron chi connectivity index (χ1n) is 7.35. The predicted molar refractivity (Wildman–Crippen MR) is 92.4 cm³/mol. The Morgan fingerprint density at radius 3 is 2.26 bits per heavy atom. The zero-order valence-electron chi connectivity index (χ0n) is 13.8. The monoisotopic (exact) mass is 389 g/mol. The molecule has 0 spiro atoms. The zero-order valence-corrected chi connectivity index (χ0v) is 15.4. The summed E-state index contributed by atoms with van der Waals surface area (Å²) in [6.07, 6.45) is -0.481. The molecule has 1 N–H and O–H groups in total. The van der Waals surface area contributed by atoms with E-state index in [-0.39, 0.29) is 0 Å². The van der Waals surface area contributed by atoms with Crippen LogP contribution in [0.15, 0.2) is 24.3 Å². The minimum absolute atomic E-state index is 0.452. The molecule has 0 aromatic heterocycles. The Bertz CT molecular complexity index is 459. The average molecular weight is 390 g/mol. The number of hydrogen-bond donors (Lipinski definition) is 1. The molecule has 0 radical (unpaired) electrons. The second kappa shape index (κ2) is 10.5. The van der Waals surface area contributed by atoms with Gasteiger partial charge in [0.05, 0.1) is 19.8 Å². The fraction of sp³-hybridized carbons (Fsp3) is 0.562. The number of halogens is 1. The smallest absolute Gasteiger partial charge is 0.412 e. The average Bonchev–Trinajstić information content (AvgIpc) is 2.46. The van der Waals surface area contributed by atoms with Crippen LogP contribution in [0.2, 0.25) is 0 Å². The van der Waals surface area contributed by atoms with Gasteiger partial charge >= 0.3 is 6.09 Å². The molecule has 130 valence electrons. The van der Waals surface area contributed by atoms with Gasteiger partial charge in [0, 0.05) is 5.69 Å². The Labute approximate surface area is 145 Å². The molecule has 0 aliphatic heterocycles. The van der Waals surface area contributed by atoms with Gasteiger partial charge in [0.1, 0.15) is 23.5 Å². The Kier molecular flexibility index (Phi) is 8.98. The first kappa shape index (κ1) is 19.7. The number of nitrogens with one attached hydrogen (secondary N) is 1. The highest BCUT2D eigenvalue weighted by Crippen LogP contribution is 2.17. The van der Waals surface area contributed by atoms with Crippen molar-refractivity contribution in [2.45, 2.75) is 26.4 Å². The molecule has 0 saturated carbocycles. The summed E-state index contributed by atoms with van der Waals surface area (Å²) < 4.78 is 21.1. The summed E-state index contributed by atoms with van der Waals surface area (Å²) in [5.74, 6) is 0.708. The number of rotatable bonds is 9. The van der Waals surface area contributed by atoms with Gasteiger partial charge in [0.2, 0.25) is 0 Å². The number of carbonyl (C=O) groups is 1. The molecule has 1 amide bonds.